The minimum atomic E-state index is 0.0799. The molecule has 1 aliphatic carbocycles. The monoisotopic (exact) mass is 299 g/mol. The van der Waals surface area contributed by atoms with Gasteiger partial charge in [-0.25, -0.2) is 4.98 Å². The largest absolute Gasteiger partial charge is 0.340 e. The second kappa shape index (κ2) is 5.67. The SMILES string of the molecule is Cn1cnc(C(=O)N(CCCBr)C2CCC2)c1. The minimum absolute atomic E-state index is 0.0799. The van der Waals surface area contributed by atoms with Crippen molar-refractivity contribution in [2.75, 3.05) is 11.9 Å². The van der Waals surface area contributed by atoms with E-state index in [2.05, 4.69) is 20.9 Å². The molecule has 1 fully saturated rings. The molecule has 1 saturated carbocycles. The van der Waals surface area contributed by atoms with Crippen LogP contribution in [-0.2, 0) is 7.05 Å². The Bertz CT molecular complexity index is 387. The van der Waals surface area contributed by atoms with E-state index in [0.29, 0.717) is 11.7 Å². The normalized spacial score (nSPS) is 15.6. The van der Waals surface area contributed by atoms with Crippen molar-refractivity contribution in [1.29, 1.82) is 0 Å². The van der Waals surface area contributed by atoms with Crippen LogP contribution in [0.3, 0.4) is 0 Å². The number of carbonyl (C=O) groups excluding carboxylic acids is 1. The van der Waals surface area contributed by atoms with E-state index in [4.69, 9.17) is 0 Å². The van der Waals surface area contributed by atoms with Crippen LogP contribution < -0.4 is 0 Å². The van der Waals surface area contributed by atoms with Gasteiger partial charge in [0.15, 0.2) is 0 Å². The first kappa shape index (κ1) is 12.6. The number of hydrogen-bond donors (Lipinski definition) is 0. The van der Waals surface area contributed by atoms with Crippen LogP contribution in [0.5, 0.6) is 0 Å². The Hall–Kier alpha value is -0.840. The van der Waals surface area contributed by atoms with Gasteiger partial charge < -0.3 is 9.47 Å². The van der Waals surface area contributed by atoms with Gasteiger partial charge in [-0.05, 0) is 25.7 Å². The third kappa shape index (κ3) is 2.89. The van der Waals surface area contributed by atoms with Crippen molar-refractivity contribution in [1.82, 2.24) is 14.5 Å². The topological polar surface area (TPSA) is 38.1 Å². The zero-order valence-corrected chi connectivity index (χ0v) is 11.7. The summed E-state index contributed by atoms with van der Waals surface area (Å²) >= 11 is 3.42. The quantitative estimate of drug-likeness (QED) is 0.782. The van der Waals surface area contributed by atoms with Gasteiger partial charge in [-0.2, -0.15) is 0 Å². The van der Waals surface area contributed by atoms with Crippen LogP contribution in [0.4, 0.5) is 0 Å². The maximum atomic E-state index is 12.3. The number of halogens is 1. The van der Waals surface area contributed by atoms with Crippen molar-refractivity contribution >= 4 is 21.8 Å². The second-order valence-corrected chi connectivity index (χ2v) is 5.34. The third-order valence-electron chi connectivity index (χ3n) is 3.23. The Morgan fingerprint density at radius 1 is 1.65 bits per heavy atom. The number of hydrogen-bond acceptors (Lipinski definition) is 2. The molecule has 0 spiro atoms. The van der Waals surface area contributed by atoms with Crippen molar-refractivity contribution in [2.24, 2.45) is 7.05 Å². The Morgan fingerprint density at radius 3 is 2.88 bits per heavy atom. The highest BCUT2D eigenvalue weighted by Crippen LogP contribution is 2.26. The van der Waals surface area contributed by atoms with E-state index in [1.807, 2.05) is 16.5 Å². The molecule has 1 amide bonds. The standard InChI is InChI=1S/C12H18BrN3O/c1-15-8-11(14-9-15)12(17)16(7-3-6-13)10-4-2-5-10/h8-10H,2-7H2,1H3. The summed E-state index contributed by atoms with van der Waals surface area (Å²) in [6.45, 7) is 0.825. The molecule has 0 N–H and O–H groups in total. The Labute approximate surface area is 110 Å². The highest BCUT2D eigenvalue weighted by molar-refractivity contribution is 9.09. The van der Waals surface area contributed by atoms with E-state index in [1.54, 1.807) is 12.5 Å². The van der Waals surface area contributed by atoms with E-state index >= 15 is 0 Å². The van der Waals surface area contributed by atoms with Gasteiger partial charge in [0.1, 0.15) is 5.69 Å². The number of alkyl halides is 1. The molecule has 94 valence electrons. The fraction of sp³-hybridized carbons (Fsp3) is 0.667. The van der Waals surface area contributed by atoms with Gasteiger partial charge in [-0.15, -0.1) is 0 Å². The number of imidazole rings is 1. The minimum Gasteiger partial charge on any atom is -0.340 e. The molecule has 0 saturated heterocycles. The van der Waals surface area contributed by atoms with Gasteiger partial charge in [0.2, 0.25) is 0 Å². The van der Waals surface area contributed by atoms with Gasteiger partial charge in [0, 0.05) is 31.2 Å². The van der Waals surface area contributed by atoms with Crippen LogP contribution in [0.25, 0.3) is 0 Å². The predicted octanol–water partition coefficient (Wildman–Crippen LogP) is 2.20. The highest BCUT2D eigenvalue weighted by atomic mass is 79.9. The van der Waals surface area contributed by atoms with E-state index < -0.39 is 0 Å². The molecule has 1 aromatic heterocycles. The lowest BCUT2D eigenvalue weighted by molar-refractivity contribution is 0.0575. The fourth-order valence-corrected chi connectivity index (χ4v) is 2.30. The number of aryl methyl sites for hydroxylation is 1. The van der Waals surface area contributed by atoms with Crippen molar-refractivity contribution < 1.29 is 4.79 Å². The van der Waals surface area contributed by atoms with Crippen molar-refractivity contribution in [3.05, 3.63) is 18.2 Å². The summed E-state index contributed by atoms with van der Waals surface area (Å²) < 4.78 is 1.82. The van der Waals surface area contributed by atoms with Gasteiger partial charge in [0.25, 0.3) is 5.91 Å². The summed E-state index contributed by atoms with van der Waals surface area (Å²) in [4.78, 5) is 18.5. The molecule has 0 aliphatic heterocycles. The Morgan fingerprint density at radius 2 is 2.41 bits per heavy atom. The van der Waals surface area contributed by atoms with Crippen LogP contribution in [0.2, 0.25) is 0 Å². The highest BCUT2D eigenvalue weighted by Gasteiger charge is 2.29. The maximum absolute atomic E-state index is 12.3. The van der Waals surface area contributed by atoms with Crippen LogP contribution in [0.15, 0.2) is 12.5 Å². The Balaban J connectivity index is 2.06. The van der Waals surface area contributed by atoms with Crippen molar-refractivity contribution in [3.8, 4) is 0 Å². The van der Waals surface area contributed by atoms with Gasteiger partial charge >= 0.3 is 0 Å². The first-order valence-electron chi connectivity index (χ1n) is 6.07. The molecule has 17 heavy (non-hydrogen) atoms. The van der Waals surface area contributed by atoms with E-state index in [1.165, 1.54) is 6.42 Å². The van der Waals surface area contributed by atoms with Crippen LogP contribution in [-0.4, -0.2) is 38.3 Å². The zero-order chi connectivity index (χ0) is 12.3. The smallest absolute Gasteiger partial charge is 0.274 e. The lowest BCUT2D eigenvalue weighted by Gasteiger charge is -2.37. The number of rotatable bonds is 5. The van der Waals surface area contributed by atoms with E-state index in [9.17, 15) is 4.79 Å². The molecule has 4 nitrogen and oxygen atoms in total. The van der Waals surface area contributed by atoms with Gasteiger partial charge in [-0.1, -0.05) is 15.9 Å². The number of carbonyl (C=O) groups is 1. The average Bonchev–Trinajstić information content (AvgIpc) is 2.67. The molecule has 1 aliphatic rings. The first-order chi connectivity index (χ1) is 8.22. The lowest BCUT2D eigenvalue weighted by Crippen LogP contribution is -2.45. The summed E-state index contributed by atoms with van der Waals surface area (Å²) in [7, 11) is 1.88. The lowest BCUT2D eigenvalue weighted by atomic mass is 9.91. The molecule has 0 aromatic carbocycles. The summed E-state index contributed by atoms with van der Waals surface area (Å²) in [5.41, 5.74) is 0.564. The number of aromatic nitrogens is 2. The molecule has 0 bridgehead atoms. The molecular formula is C12H18BrN3O. The van der Waals surface area contributed by atoms with Crippen LogP contribution in [0.1, 0.15) is 36.2 Å². The predicted molar refractivity (Wildman–Crippen MR) is 70.3 cm³/mol. The molecule has 5 heteroatoms. The number of nitrogens with zero attached hydrogens (tertiary/aromatic N) is 3. The molecule has 1 aromatic rings. The van der Waals surface area contributed by atoms with E-state index in [0.717, 1.165) is 31.1 Å². The zero-order valence-electron chi connectivity index (χ0n) is 10.1. The van der Waals surface area contributed by atoms with E-state index in [-0.39, 0.29) is 5.91 Å². The number of amides is 1. The van der Waals surface area contributed by atoms with Crippen LogP contribution in [0, 0.1) is 0 Å². The Kier molecular flexibility index (Phi) is 4.20. The first-order valence-corrected chi connectivity index (χ1v) is 7.19. The molecule has 0 radical (unpaired) electrons. The summed E-state index contributed by atoms with van der Waals surface area (Å²) in [5, 5.41) is 0.936. The second-order valence-electron chi connectivity index (χ2n) is 4.55. The summed E-state index contributed by atoms with van der Waals surface area (Å²) in [6, 6.07) is 0.434. The molecular weight excluding hydrogens is 282 g/mol. The average molecular weight is 300 g/mol. The van der Waals surface area contributed by atoms with Gasteiger partial charge in [-0.3, -0.25) is 4.79 Å². The summed E-state index contributed by atoms with van der Waals surface area (Å²) in [5.74, 6) is 0.0799. The van der Waals surface area contributed by atoms with Crippen molar-refractivity contribution in [2.45, 2.75) is 31.7 Å². The van der Waals surface area contributed by atoms with Crippen LogP contribution >= 0.6 is 15.9 Å². The third-order valence-corrected chi connectivity index (χ3v) is 3.79. The van der Waals surface area contributed by atoms with Crippen molar-refractivity contribution in [3.63, 3.8) is 0 Å². The van der Waals surface area contributed by atoms with Gasteiger partial charge in [0.05, 0.1) is 6.33 Å². The summed E-state index contributed by atoms with van der Waals surface area (Å²) in [6.07, 6.45) is 7.99. The molecule has 0 unspecified atom stereocenters. The molecule has 2 rings (SSSR count). The molecule has 1 heterocycles. The maximum Gasteiger partial charge on any atom is 0.274 e. The molecule has 0 atom stereocenters. The fourth-order valence-electron chi connectivity index (χ4n) is 2.05.